The molecule has 0 radical (unpaired) electrons. The van der Waals surface area contributed by atoms with Crippen molar-refractivity contribution in [1.82, 2.24) is 14.9 Å². The Morgan fingerprint density at radius 3 is 2.48 bits per heavy atom. The van der Waals surface area contributed by atoms with Gasteiger partial charge in [-0.3, -0.25) is 4.99 Å². The van der Waals surface area contributed by atoms with Crippen LogP contribution in [0.25, 0.3) is 0 Å². The maximum atomic E-state index is 12.6. The second-order valence-electron chi connectivity index (χ2n) is 6.49. The number of alkyl halides is 3. The summed E-state index contributed by atoms with van der Waals surface area (Å²) in [5.41, 5.74) is -6.09. The largest absolute Gasteiger partial charge is 0.511 e. The van der Waals surface area contributed by atoms with Crippen LogP contribution in [0.2, 0.25) is 0 Å². The van der Waals surface area contributed by atoms with Gasteiger partial charge in [0.15, 0.2) is 5.96 Å². The molecule has 2 heterocycles. The lowest BCUT2D eigenvalue weighted by Gasteiger charge is -2.32. The van der Waals surface area contributed by atoms with E-state index < -0.39 is 21.1 Å². The molecule has 0 bridgehead atoms. The van der Waals surface area contributed by atoms with E-state index in [4.69, 9.17) is 0 Å². The molecule has 2 aliphatic rings. The normalized spacial score (nSPS) is 25.9. The Morgan fingerprint density at radius 2 is 2.00 bits per heavy atom. The quantitative estimate of drug-likeness (QED) is 0.274. The second-order valence-corrected chi connectivity index (χ2v) is 9.53. The first kappa shape index (κ1) is 25.0. The third-order valence-electron chi connectivity index (χ3n) is 4.39. The van der Waals surface area contributed by atoms with Crippen molar-refractivity contribution in [2.45, 2.75) is 43.3 Å². The molecule has 0 aliphatic carbocycles. The third kappa shape index (κ3) is 6.78. The van der Waals surface area contributed by atoms with Gasteiger partial charge in [0, 0.05) is 31.4 Å². The zero-order chi connectivity index (χ0) is 19.4. The topological polar surface area (TPSA) is 94.0 Å². The number of guanidine groups is 1. The van der Waals surface area contributed by atoms with E-state index >= 15 is 0 Å². The standard InChI is InChI=1S/C14H25F3N4O3S2.HI/c1-2-18-12(19-9-13(22)5-8-25-10-13)20-11-3-6-21(7-4-11)26(23,24)14(15,16)17;/h11,22H,2-10H2,1H3,(H2,18,19,20);1H. The maximum Gasteiger partial charge on any atom is 0.511 e. The van der Waals surface area contributed by atoms with Gasteiger partial charge in [-0.1, -0.05) is 0 Å². The molecule has 7 nitrogen and oxygen atoms in total. The fourth-order valence-corrected chi connectivity index (χ4v) is 5.12. The highest BCUT2D eigenvalue weighted by Gasteiger charge is 2.50. The highest BCUT2D eigenvalue weighted by Crippen LogP contribution is 2.29. The van der Waals surface area contributed by atoms with Gasteiger partial charge in [0.05, 0.1) is 12.1 Å². The number of piperidine rings is 1. The minimum Gasteiger partial charge on any atom is -0.387 e. The van der Waals surface area contributed by atoms with Crippen molar-refractivity contribution in [3.63, 3.8) is 0 Å². The molecule has 0 spiro atoms. The summed E-state index contributed by atoms with van der Waals surface area (Å²) in [6.45, 7) is 2.34. The average Bonchev–Trinajstić information content (AvgIpc) is 2.99. The van der Waals surface area contributed by atoms with Gasteiger partial charge in [0.25, 0.3) is 0 Å². The fraction of sp³-hybridized carbons (Fsp3) is 0.929. The first-order chi connectivity index (χ1) is 12.1. The number of rotatable bonds is 5. The van der Waals surface area contributed by atoms with Crippen LogP contribution in [-0.4, -0.2) is 78.6 Å². The zero-order valence-electron chi connectivity index (χ0n) is 15.0. The van der Waals surface area contributed by atoms with Crippen LogP contribution in [0.15, 0.2) is 4.99 Å². The number of sulfonamides is 1. The Labute approximate surface area is 179 Å². The summed E-state index contributed by atoms with van der Waals surface area (Å²) in [6.07, 6.45) is 1.17. The summed E-state index contributed by atoms with van der Waals surface area (Å²) in [5.74, 6) is 2.00. The van der Waals surface area contributed by atoms with Gasteiger partial charge >= 0.3 is 15.5 Å². The molecule has 13 heteroatoms. The number of hydrogen-bond donors (Lipinski definition) is 3. The predicted octanol–water partition coefficient (Wildman–Crippen LogP) is 1.34. The van der Waals surface area contributed by atoms with E-state index in [2.05, 4.69) is 15.6 Å². The van der Waals surface area contributed by atoms with Crippen LogP contribution in [0.4, 0.5) is 13.2 Å². The van der Waals surface area contributed by atoms with Crippen molar-refractivity contribution < 1.29 is 26.7 Å². The van der Waals surface area contributed by atoms with Crippen molar-refractivity contribution >= 4 is 51.7 Å². The summed E-state index contributed by atoms with van der Waals surface area (Å²) < 4.78 is 61.2. The summed E-state index contributed by atoms with van der Waals surface area (Å²) in [4.78, 5) is 4.39. The number of hydrogen-bond acceptors (Lipinski definition) is 5. The van der Waals surface area contributed by atoms with Crippen molar-refractivity contribution in [3.05, 3.63) is 0 Å². The van der Waals surface area contributed by atoms with E-state index in [0.717, 1.165) is 5.75 Å². The minimum atomic E-state index is -5.27. The first-order valence-electron chi connectivity index (χ1n) is 8.49. The van der Waals surface area contributed by atoms with Gasteiger partial charge in [-0.2, -0.15) is 29.2 Å². The summed E-state index contributed by atoms with van der Waals surface area (Å²) >= 11 is 1.67. The van der Waals surface area contributed by atoms with Crippen LogP contribution in [-0.2, 0) is 10.0 Å². The van der Waals surface area contributed by atoms with E-state index in [0.29, 0.717) is 29.0 Å². The molecule has 3 N–H and O–H groups in total. The Hall–Kier alpha value is 0.01000. The summed E-state index contributed by atoms with van der Waals surface area (Å²) in [7, 11) is -5.27. The monoisotopic (exact) mass is 546 g/mol. The van der Waals surface area contributed by atoms with Crippen molar-refractivity contribution in [3.8, 4) is 0 Å². The second kappa shape index (κ2) is 10.2. The Balaban J connectivity index is 0.00000364. The average molecular weight is 546 g/mol. The van der Waals surface area contributed by atoms with Crippen LogP contribution < -0.4 is 10.6 Å². The molecule has 0 aromatic rings. The number of nitrogens with one attached hydrogen (secondary N) is 2. The molecule has 160 valence electrons. The molecule has 2 aliphatic heterocycles. The van der Waals surface area contributed by atoms with Crippen LogP contribution in [0.5, 0.6) is 0 Å². The van der Waals surface area contributed by atoms with E-state index in [1.807, 2.05) is 6.92 Å². The highest BCUT2D eigenvalue weighted by atomic mass is 127. The predicted molar refractivity (Wildman–Crippen MR) is 111 cm³/mol. The van der Waals surface area contributed by atoms with Crippen molar-refractivity contribution in [1.29, 1.82) is 0 Å². The Bertz CT molecular complexity index is 605. The molecule has 0 amide bonds. The van der Waals surface area contributed by atoms with E-state index in [-0.39, 0.29) is 62.5 Å². The fourth-order valence-electron chi connectivity index (χ4n) is 2.85. The molecule has 2 saturated heterocycles. The van der Waals surface area contributed by atoms with Gasteiger partial charge in [-0.25, -0.2) is 8.42 Å². The van der Waals surface area contributed by atoms with E-state index in [1.54, 1.807) is 11.8 Å². The smallest absolute Gasteiger partial charge is 0.387 e. The molecule has 1 atom stereocenters. The van der Waals surface area contributed by atoms with E-state index in [1.165, 1.54) is 0 Å². The molecule has 1 unspecified atom stereocenters. The molecule has 0 aromatic carbocycles. The lowest BCUT2D eigenvalue weighted by atomic mass is 10.0. The minimum absolute atomic E-state index is 0. The molecule has 0 saturated carbocycles. The first-order valence-corrected chi connectivity index (χ1v) is 11.1. The third-order valence-corrected chi connectivity index (χ3v) is 7.25. The zero-order valence-corrected chi connectivity index (χ0v) is 18.9. The Kier molecular flexibility index (Phi) is 9.43. The SMILES string of the molecule is CCNC(=NCC1(O)CCSC1)NC1CCN(S(=O)(=O)C(F)(F)F)CC1.I. The molecule has 0 aromatic heterocycles. The lowest BCUT2D eigenvalue weighted by Crippen LogP contribution is -2.52. The molecular formula is C14H26F3IN4O3S2. The summed E-state index contributed by atoms with van der Waals surface area (Å²) in [5, 5.41) is 16.5. The number of aliphatic hydroxyl groups is 1. The summed E-state index contributed by atoms with van der Waals surface area (Å²) in [6, 6.07) is -0.180. The number of halogens is 4. The van der Waals surface area contributed by atoms with Gasteiger partial charge in [-0.05, 0) is 31.9 Å². The van der Waals surface area contributed by atoms with Crippen LogP contribution >= 0.6 is 35.7 Å². The maximum absolute atomic E-state index is 12.6. The van der Waals surface area contributed by atoms with Gasteiger partial charge in [0.2, 0.25) is 0 Å². The molecule has 27 heavy (non-hydrogen) atoms. The highest BCUT2D eigenvalue weighted by molar-refractivity contribution is 14.0. The van der Waals surface area contributed by atoms with Crippen LogP contribution in [0, 0.1) is 0 Å². The molecule has 2 rings (SSSR count). The number of thioether (sulfide) groups is 1. The molecule has 2 fully saturated rings. The number of nitrogens with zero attached hydrogens (tertiary/aromatic N) is 2. The van der Waals surface area contributed by atoms with Gasteiger partial charge in [0.1, 0.15) is 0 Å². The Morgan fingerprint density at radius 1 is 1.37 bits per heavy atom. The van der Waals surface area contributed by atoms with Gasteiger partial charge in [-0.15, -0.1) is 24.0 Å². The van der Waals surface area contributed by atoms with Crippen LogP contribution in [0.1, 0.15) is 26.2 Å². The lowest BCUT2D eigenvalue weighted by molar-refractivity contribution is -0.0494. The van der Waals surface area contributed by atoms with Crippen molar-refractivity contribution in [2.75, 3.05) is 37.7 Å². The van der Waals surface area contributed by atoms with Crippen LogP contribution in [0.3, 0.4) is 0 Å². The van der Waals surface area contributed by atoms with E-state index in [9.17, 15) is 26.7 Å². The number of aliphatic imine (C=N–C) groups is 1. The van der Waals surface area contributed by atoms with Crippen molar-refractivity contribution in [2.24, 2.45) is 4.99 Å². The van der Waals surface area contributed by atoms with Gasteiger partial charge < -0.3 is 15.7 Å². The molecular weight excluding hydrogens is 520 g/mol.